The lowest BCUT2D eigenvalue weighted by molar-refractivity contribution is 0.103. The number of rotatable bonds is 3. The summed E-state index contributed by atoms with van der Waals surface area (Å²) in [6.07, 6.45) is 3.11. The molecule has 148 valence electrons. The normalized spacial score (nSPS) is 17.6. The lowest BCUT2D eigenvalue weighted by Gasteiger charge is -2.30. The number of nitrogens with zero attached hydrogens (tertiary/aromatic N) is 3. The number of piperidine rings is 1. The zero-order chi connectivity index (χ0) is 20.1. The van der Waals surface area contributed by atoms with E-state index in [1.165, 1.54) is 4.90 Å². The third-order valence-electron chi connectivity index (χ3n) is 5.91. The Kier molecular flexibility index (Phi) is 4.02. The summed E-state index contributed by atoms with van der Waals surface area (Å²) in [5, 5.41) is 29.1. The molecule has 0 aliphatic carbocycles. The summed E-state index contributed by atoms with van der Waals surface area (Å²) >= 11 is 0. The van der Waals surface area contributed by atoms with Crippen LogP contribution < -0.4 is 5.32 Å². The van der Waals surface area contributed by atoms with Gasteiger partial charge in [0.1, 0.15) is 6.10 Å². The van der Waals surface area contributed by atoms with Crippen LogP contribution >= 0.6 is 0 Å². The van der Waals surface area contributed by atoms with E-state index in [2.05, 4.69) is 10.4 Å². The number of likely N-dealkylation sites (tertiary alicyclic amines) is 1. The molecule has 8 nitrogen and oxygen atoms in total. The molecule has 3 heterocycles. The molecule has 3 aromatic rings. The number of carbonyl (C=O) groups is 2. The highest BCUT2D eigenvalue weighted by molar-refractivity contribution is 6.24. The molecule has 8 heteroatoms. The molecule has 0 spiro atoms. The second-order valence-electron chi connectivity index (χ2n) is 7.54. The maximum atomic E-state index is 12.1. The van der Waals surface area contributed by atoms with Gasteiger partial charge in [-0.15, -0.1) is 0 Å². The molecule has 2 aliphatic heterocycles. The predicted octanol–water partition coefficient (Wildman–Crippen LogP) is 3.00. The van der Waals surface area contributed by atoms with E-state index in [1.54, 1.807) is 12.3 Å². The maximum absolute atomic E-state index is 12.1. The van der Waals surface area contributed by atoms with Gasteiger partial charge in [-0.05, 0) is 35.9 Å². The number of carbonyl (C=O) groups excluding carboxylic acids is 1. The van der Waals surface area contributed by atoms with Gasteiger partial charge in [-0.3, -0.25) is 9.48 Å². The van der Waals surface area contributed by atoms with Crippen LogP contribution in [0.15, 0.2) is 42.7 Å². The van der Waals surface area contributed by atoms with Crippen LogP contribution in [-0.4, -0.2) is 50.0 Å². The molecule has 2 amide bonds. The van der Waals surface area contributed by atoms with Gasteiger partial charge in [-0.1, -0.05) is 18.2 Å². The second-order valence-corrected chi connectivity index (χ2v) is 7.54. The molecule has 2 aliphatic rings. The molecule has 1 saturated heterocycles. The standard InChI is InChI=1S/C21H20N4O4/c26-19(12-10-22-25(11-12)13-6-8-24(9-7-13)21(28)29)15-4-5-17-18-14(15)2-1-3-16(18)20(27)23-17/h1-5,10-11,13,19,26H,6-9H2,(H,23,27)(H,28,29). The first-order valence-corrected chi connectivity index (χ1v) is 9.60. The van der Waals surface area contributed by atoms with E-state index in [1.807, 2.05) is 35.1 Å². The highest BCUT2D eigenvalue weighted by Crippen LogP contribution is 2.38. The molecule has 3 N–H and O–H groups in total. The largest absolute Gasteiger partial charge is 0.465 e. The number of carboxylic acid groups (broad SMARTS) is 1. The average Bonchev–Trinajstić information content (AvgIpc) is 3.35. The average molecular weight is 392 g/mol. The minimum Gasteiger partial charge on any atom is -0.465 e. The Bertz CT molecular complexity index is 1130. The highest BCUT2D eigenvalue weighted by atomic mass is 16.4. The first kappa shape index (κ1) is 17.7. The van der Waals surface area contributed by atoms with Crippen molar-refractivity contribution in [3.8, 4) is 0 Å². The SMILES string of the molecule is O=C1Nc2ccc(C(O)c3cnn(C4CCN(C(=O)O)CC4)c3)c3cccc1c23. The van der Waals surface area contributed by atoms with Gasteiger partial charge in [0.25, 0.3) is 5.91 Å². The number of aliphatic hydroxyl groups is 1. The quantitative estimate of drug-likeness (QED) is 0.635. The van der Waals surface area contributed by atoms with Gasteiger partial charge in [0, 0.05) is 41.5 Å². The van der Waals surface area contributed by atoms with E-state index < -0.39 is 12.2 Å². The Balaban J connectivity index is 1.43. The predicted molar refractivity (Wildman–Crippen MR) is 106 cm³/mol. The van der Waals surface area contributed by atoms with Crippen LogP contribution in [0.2, 0.25) is 0 Å². The van der Waals surface area contributed by atoms with Gasteiger partial charge < -0.3 is 20.4 Å². The summed E-state index contributed by atoms with van der Waals surface area (Å²) in [5.41, 5.74) is 2.77. The van der Waals surface area contributed by atoms with Crippen LogP contribution in [0.4, 0.5) is 10.5 Å². The third-order valence-corrected chi connectivity index (χ3v) is 5.91. The fraction of sp³-hybridized carbons (Fsp3) is 0.286. The second kappa shape index (κ2) is 6.59. The third kappa shape index (κ3) is 2.84. The van der Waals surface area contributed by atoms with E-state index in [0.717, 1.165) is 22.0 Å². The van der Waals surface area contributed by atoms with Crippen molar-refractivity contribution in [2.75, 3.05) is 18.4 Å². The molecule has 1 fully saturated rings. The fourth-order valence-corrected chi connectivity index (χ4v) is 4.35. The van der Waals surface area contributed by atoms with Crippen molar-refractivity contribution < 1.29 is 19.8 Å². The molecule has 5 rings (SSSR count). The van der Waals surface area contributed by atoms with Gasteiger partial charge in [0.2, 0.25) is 0 Å². The van der Waals surface area contributed by atoms with Gasteiger partial charge >= 0.3 is 6.09 Å². The molecule has 1 atom stereocenters. The zero-order valence-electron chi connectivity index (χ0n) is 15.6. The maximum Gasteiger partial charge on any atom is 0.407 e. The summed E-state index contributed by atoms with van der Waals surface area (Å²) in [5.74, 6) is -0.127. The number of benzene rings is 2. The van der Waals surface area contributed by atoms with E-state index in [4.69, 9.17) is 5.11 Å². The van der Waals surface area contributed by atoms with Gasteiger partial charge in [-0.25, -0.2) is 4.79 Å². The summed E-state index contributed by atoms with van der Waals surface area (Å²) in [7, 11) is 0. The van der Waals surface area contributed by atoms with Crippen LogP contribution in [0.5, 0.6) is 0 Å². The van der Waals surface area contributed by atoms with Crippen LogP contribution in [0, 0.1) is 0 Å². The minimum atomic E-state index is -0.889. The van der Waals surface area contributed by atoms with E-state index in [-0.39, 0.29) is 11.9 Å². The van der Waals surface area contributed by atoms with Crippen LogP contribution in [-0.2, 0) is 0 Å². The molecule has 0 saturated carbocycles. The summed E-state index contributed by atoms with van der Waals surface area (Å²) in [6, 6.07) is 9.28. The van der Waals surface area contributed by atoms with Gasteiger partial charge in [-0.2, -0.15) is 5.10 Å². The number of hydrogen-bond donors (Lipinski definition) is 3. The minimum absolute atomic E-state index is 0.112. The lowest BCUT2D eigenvalue weighted by Crippen LogP contribution is -2.38. The fourth-order valence-electron chi connectivity index (χ4n) is 4.35. The smallest absolute Gasteiger partial charge is 0.407 e. The van der Waals surface area contributed by atoms with Crippen molar-refractivity contribution in [2.45, 2.75) is 25.0 Å². The molecule has 0 bridgehead atoms. The van der Waals surface area contributed by atoms with Crippen molar-refractivity contribution in [2.24, 2.45) is 0 Å². The summed E-state index contributed by atoms with van der Waals surface area (Å²) in [6.45, 7) is 0.960. The van der Waals surface area contributed by atoms with Crippen molar-refractivity contribution >= 4 is 28.5 Å². The van der Waals surface area contributed by atoms with E-state index >= 15 is 0 Å². The molecular weight excluding hydrogens is 372 g/mol. The van der Waals surface area contributed by atoms with Crippen molar-refractivity contribution in [1.82, 2.24) is 14.7 Å². The Labute approximate surface area is 166 Å². The molecular formula is C21H20N4O4. The van der Waals surface area contributed by atoms with E-state index in [0.29, 0.717) is 37.1 Å². The van der Waals surface area contributed by atoms with Crippen molar-refractivity contribution in [1.29, 1.82) is 0 Å². The number of amides is 2. The molecule has 29 heavy (non-hydrogen) atoms. The number of hydrogen-bond acceptors (Lipinski definition) is 4. The molecule has 1 aromatic heterocycles. The first-order chi connectivity index (χ1) is 14.0. The van der Waals surface area contributed by atoms with Crippen molar-refractivity contribution in [3.63, 3.8) is 0 Å². The lowest BCUT2D eigenvalue weighted by atomic mass is 9.95. The van der Waals surface area contributed by atoms with Crippen LogP contribution in [0.3, 0.4) is 0 Å². The van der Waals surface area contributed by atoms with Crippen molar-refractivity contribution in [3.05, 3.63) is 59.4 Å². The topological polar surface area (TPSA) is 108 Å². The highest BCUT2D eigenvalue weighted by Gasteiger charge is 2.27. The Hall–Kier alpha value is -3.39. The van der Waals surface area contributed by atoms with Gasteiger partial charge in [0.15, 0.2) is 0 Å². The molecule has 1 unspecified atom stereocenters. The number of anilines is 1. The zero-order valence-corrected chi connectivity index (χ0v) is 15.6. The monoisotopic (exact) mass is 392 g/mol. The Morgan fingerprint density at radius 1 is 1.21 bits per heavy atom. The van der Waals surface area contributed by atoms with Crippen LogP contribution in [0.25, 0.3) is 10.8 Å². The number of nitrogens with one attached hydrogen (secondary N) is 1. The van der Waals surface area contributed by atoms with E-state index in [9.17, 15) is 14.7 Å². The summed E-state index contributed by atoms with van der Waals surface area (Å²) < 4.78 is 1.82. The Morgan fingerprint density at radius 3 is 2.76 bits per heavy atom. The number of aliphatic hydroxyl groups excluding tert-OH is 1. The number of aromatic nitrogens is 2. The summed E-state index contributed by atoms with van der Waals surface area (Å²) in [4.78, 5) is 24.6. The molecule has 2 aromatic carbocycles. The first-order valence-electron chi connectivity index (χ1n) is 9.60. The molecule has 0 radical (unpaired) electrons. The Morgan fingerprint density at radius 2 is 2.00 bits per heavy atom. The van der Waals surface area contributed by atoms with Crippen LogP contribution in [0.1, 0.15) is 46.5 Å². The van der Waals surface area contributed by atoms with Gasteiger partial charge in [0.05, 0.1) is 12.2 Å².